The number of benzene rings is 2. The average molecular weight is 549 g/mol. The van der Waals surface area contributed by atoms with Crippen LogP contribution in [0.25, 0.3) is 0 Å². The van der Waals surface area contributed by atoms with Gasteiger partial charge < -0.3 is 9.64 Å². The largest absolute Gasteiger partial charge is 0.379 e. The summed E-state index contributed by atoms with van der Waals surface area (Å²) >= 11 is 0. The number of nitrogens with zero attached hydrogens (tertiary/aromatic N) is 4. The Bertz CT molecular complexity index is 1320. The zero-order valence-corrected chi connectivity index (χ0v) is 23.5. The van der Waals surface area contributed by atoms with Crippen LogP contribution in [0.2, 0.25) is 0 Å². The highest BCUT2D eigenvalue weighted by Gasteiger charge is 2.43. The monoisotopic (exact) mass is 548 g/mol. The summed E-state index contributed by atoms with van der Waals surface area (Å²) in [5.41, 5.74) is 1.93. The van der Waals surface area contributed by atoms with Crippen molar-refractivity contribution >= 4 is 25.9 Å². The van der Waals surface area contributed by atoms with E-state index in [0.29, 0.717) is 38.7 Å². The van der Waals surface area contributed by atoms with Crippen LogP contribution < -0.4 is 0 Å². The Kier molecular flexibility index (Phi) is 8.39. The molecular weight excluding hydrogens is 512 g/mol. The Morgan fingerprint density at radius 3 is 1.95 bits per heavy atom. The molecule has 0 bridgehead atoms. The second kappa shape index (κ2) is 11.2. The molecule has 2 aromatic carbocycles. The van der Waals surface area contributed by atoms with Crippen molar-refractivity contribution < 1.29 is 21.6 Å². The van der Waals surface area contributed by atoms with E-state index in [-0.39, 0.29) is 28.8 Å². The van der Waals surface area contributed by atoms with Crippen molar-refractivity contribution in [1.29, 1.82) is 0 Å². The summed E-state index contributed by atoms with van der Waals surface area (Å²) < 4.78 is 65.4. The summed E-state index contributed by atoms with van der Waals surface area (Å²) in [7, 11) is -7.80. The molecule has 0 amide bonds. The number of ether oxygens (including phenoxy) is 1. The van der Waals surface area contributed by atoms with Gasteiger partial charge in [0.25, 0.3) is 10.0 Å². The molecule has 2 fully saturated rings. The zero-order valence-electron chi connectivity index (χ0n) is 21.9. The van der Waals surface area contributed by atoms with Crippen molar-refractivity contribution in [3.8, 4) is 0 Å². The van der Waals surface area contributed by atoms with Gasteiger partial charge in [-0.15, -0.1) is 4.40 Å². The zero-order chi connectivity index (χ0) is 26.8. The normalized spacial score (nSPS) is 20.6. The van der Waals surface area contributed by atoms with E-state index in [0.717, 1.165) is 11.1 Å². The maximum Gasteiger partial charge on any atom is 0.283 e. The third-order valence-corrected chi connectivity index (χ3v) is 9.95. The topological polar surface area (TPSA) is 99.6 Å². The maximum atomic E-state index is 13.7. The van der Waals surface area contributed by atoms with E-state index in [1.165, 1.54) is 4.31 Å². The number of hydrogen-bond acceptors (Lipinski definition) is 6. The average Bonchev–Trinajstić information content (AvgIpc) is 3.31. The summed E-state index contributed by atoms with van der Waals surface area (Å²) in [4.78, 5) is 4.30. The lowest BCUT2D eigenvalue weighted by Crippen LogP contribution is -2.51. The fourth-order valence-corrected chi connectivity index (χ4v) is 7.48. The van der Waals surface area contributed by atoms with Gasteiger partial charge in [-0.25, -0.2) is 8.42 Å². The molecule has 0 N–H and O–H groups in total. The van der Waals surface area contributed by atoms with Gasteiger partial charge in [0, 0.05) is 26.2 Å². The van der Waals surface area contributed by atoms with Crippen LogP contribution in [0.3, 0.4) is 0 Å². The van der Waals surface area contributed by atoms with Crippen LogP contribution in [0.1, 0.15) is 25.0 Å². The first-order valence-corrected chi connectivity index (χ1v) is 15.4. The maximum absolute atomic E-state index is 13.7. The van der Waals surface area contributed by atoms with Gasteiger partial charge in [-0.05, 0) is 44.0 Å². The number of hydrogen-bond donors (Lipinski definition) is 0. The number of morpholine rings is 1. The van der Waals surface area contributed by atoms with Crippen LogP contribution >= 0.6 is 0 Å². The SMILES string of the molecule is Cc1ccc(S(=O)(=O)/N=C(/CN2CCOCC2)N2CCN(S(=O)(=O)c3ccc(C)cc3)C2C(C)C)cc1. The Balaban J connectivity index is 1.73. The fourth-order valence-electron chi connectivity index (χ4n) is 4.74. The van der Waals surface area contributed by atoms with Crippen LogP contribution in [0.4, 0.5) is 0 Å². The van der Waals surface area contributed by atoms with Crippen molar-refractivity contribution in [3.63, 3.8) is 0 Å². The van der Waals surface area contributed by atoms with E-state index >= 15 is 0 Å². The van der Waals surface area contributed by atoms with E-state index in [1.54, 1.807) is 48.5 Å². The molecular formula is C26H36N4O5S2. The molecule has 0 aromatic heterocycles. The van der Waals surface area contributed by atoms with Crippen molar-refractivity contribution in [2.75, 3.05) is 45.9 Å². The minimum atomic E-state index is -4.00. The van der Waals surface area contributed by atoms with Gasteiger partial charge in [-0.2, -0.15) is 12.7 Å². The van der Waals surface area contributed by atoms with Crippen LogP contribution in [0.5, 0.6) is 0 Å². The standard InChI is InChI=1S/C26H36N4O5S2/c1-20(2)26-29(13-14-30(26)37(33,34)24-11-7-22(4)8-12-24)25(19-28-15-17-35-18-16-28)27-36(31,32)23-9-5-21(3)6-10-23/h5-12,20,26H,13-19H2,1-4H3/b27-25-. The number of rotatable bonds is 7. The fraction of sp³-hybridized carbons (Fsp3) is 0.500. The summed E-state index contributed by atoms with van der Waals surface area (Å²) in [5, 5.41) is 0. The molecule has 0 saturated carbocycles. The molecule has 2 aliphatic rings. The first-order chi connectivity index (χ1) is 17.5. The molecule has 1 unspecified atom stereocenters. The predicted octanol–water partition coefficient (Wildman–Crippen LogP) is 2.71. The van der Waals surface area contributed by atoms with Gasteiger partial charge in [-0.1, -0.05) is 49.2 Å². The Morgan fingerprint density at radius 1 is 0.865 bits per heavy atom. The van der Waals surface area contributed by atoms with Crippen molar-refractivity contribution in [3.05, 3.63) is 59.7 Å². The van der Waals surface area contributed by atoms with Gasteiger partial charge >= 0.3 is 0 Å². The van der Waals surface area contributed by atoms with Gasteiger partial charge in [-0.3, -0.25) is 4.90 Å². The molecule has 2 saturated heterocycles. The molecule has 0 radical (unpaired) electrons. The van der Waals surface area contributed by atoms with E-state index < -0.39 is 26.2 Å². The van der Waals surface area contributed by atoms with Crippen LogP contribution in [0, 0.1) is 19.8 Å². The second-order valence-electron chi connectivity index (χ2n) is 9.96. The van der Waals surface area contributed by atoms with Gasteiger partial charge in [0.05, 0.1) is 35.7 Å². The van der Waals surface area contributed by atoms with Crippen molar-refractivity contribution in [2.45, 2.75) is 43.7 Å². The first kappa shape index (κ1) is 27.7. The summed E-state index contributed by atoms with van der Waals surface area (Å²) in [5.74, 6) is 0.238. The summed E-state index contributed by atoms with van der Waals surface area (Å²) in [6, 6.07) is 13.4. The van der Waals surface area contributed by atoms with Crippen LogP contribution in [0.15, 0.2) is 62.7 Å². The lowest BCUT2D eigenvalue weighted by atomic mass is 10.1. The van der Waals surface area contributed by atoms with E-state index in [2.05, 4.69) is 9.30 Å². The molecule has 2 heterocycles. The molecule has 0 aliphatic carbocycles. The molecule has 37 heavy (non-hydrogen) atoms. The molecule has 4 rings (SSSR count). The minimum absolute atomic E-state index is 0.111. The number of sulfonamides is 2. The van der Waals surface area contributed by atoms with Crippen LogP contribution in [-0.2, 0) is 24.8 Å². The van der Waals surface area contributed by atoms with E-state index in [4.69, 9.17) is 4.74 Å². The first-order valence-electron chi connectivity index (χ1n) is 12.5. The third kappa shape index (κ3) is 6.23. The van der Waals surface area contributed by atoms with E-state index in [9.17, 15) is 16.8 Å². The Labute approximate surface area is 220 Å². The van der Waals surface area contributed by atoms with E-state index in [1.807, 2.05) is 32.6 Å². The van der Waals surface area contributed by atoms with Gasteiger partial charge in [0.1, 0.15) is 5.84 Å². The predicted molar refractivity (Wildman–Crippen MR) is 143 cm³/mol. The quantitative estimate of drug-likeness (QED) is 0.388. The molecule has 9 nitrogen and oxygen atoms in total. The lowest BCUT2D eigenvalue weighted by Gasteiger charge is -2.36. The van der Waals surface area contributed by atoms with Gasteiger partial charge in [0.15, 0.2) is 0 Å². The molecule has 2 aromatic rings. The minimum Gasteiger partial charge on any atom is -0.379 e. The summed E-state index contributed by atoms with van der Waals surface area (Å²) in [6.07, 6.45) is -0.570. The molecule has 202 valence electrons. The smallest absolute Gasteiger partial charge is 0.283 e. The Morgan fingerprint density at radius 2 is 1.41 bits per heavy atom. The molecule has 0 spiro atoms. The highest BCUT2D eigenvalue weighted by atomic mass is 32.2. The van der Waals surface area contributed by atoms with Crippen molar-refractivity contribution in [1.82, 2.24) is 14.1 Å². The highest BCUT2D eigenvalue weighted by molar-refractivity contribution is 7.90. The number of aryl methyl sites for hydroxylation is 2. The molecule has 2 aliphatic heterocycles. The third-order valence-electron chi connectivity index (χ3n) is 6.74. The number of amidine groups is 1. The summed E-state index contributed by atoms with van der Waals surface area (Å²) in [6.45, 7) is 11.0. The van der Waals surface area contributed by atoms with Crippen LogP contribution in [-0.4, -0.2) is 88.9 Å². The second-order valence-corrected chi connectivity index (χ2v) is 13.5. The molecule has 11 heteroatoms. The van der Waals surface area contributed by atoms with Crippen molar-refractivity contribution in [2.24, 2.45) is 10.3 Å². The van der Waals surface area contributed by atoms with Gasteiger partial charge in [0.2, 0.25) is 10.0 Å². The highest BCUT2D eigenvalue weighted by Crippen LogP contribution is 2.30. The Hall–Kier alpha value is -2.31. The lowest BCUT2D eigenvalue weighted by molar-refractivity contribution is 0.0436. The molecule has 1 atom stereocenters.